The van der Waals surface area contributed by atoms with E-state index in [1.54, 1.807) is 5.57 Å². The van der Waals surface area contributed by atoms with Gasteiger partial charge in [-0.05, 0) is 145 Å². The maximum Gasteiger partial charge on any atom is 0.156 e. The van der Waals surface area contributed by atoms with Crippen molar-refractivity contribution < 1.29 is 4.79 Å². The van der Waals surface area contributed by atoms with Crippen LogP contribution in [-0.2, 0) is 4.79 Å². The van der Waals surface area contributed by atoms with Gasteiger partial charge in [-0.3, -0.25) is 4.79 Å². The van der Waals surface area contributed by atoms with Crippen LogP contribution in [0.4, 0.5) is 0 Å². The molecule has 0 aromatic heterocycles. The van der Waals surface area contributed by atoms with Crippen molar-refractivity contribution in [2.45, 2.75) is 167 Å². The highest BCUT2D eigenvalue weighted by atomic mass is 16.1. The molecule has 0 amide bonds. The van der Waals surface area contributed by atoms with Gasteiger partial charge in [0.05, 0.1) is 0 Å². The van der Waals surface area contributed by atoms with Gasteiger partial charge in [0.1, 0.15) is 0 Å². The SMILES string of the molecule is C=C(CC)C(CCCCCC(C)/C=C(C)/C=C/C=C(C)/C=C/C1=C(C)CCCC1(C)C)CC(=O)/C=C(C)/C=C/C=C(C)/C=C/C1=C(C)CCCC1(C)C. The fourth-order valence-electron chi connectivity index (χ4n) is 8.23. The molecule has 2 atom stereocenters. The van der Waals surface area contributed by atoms with Gasteiger partial charge in [0.15, 0.2) is 5.78 Å². The number of hydrogen-bond acceptors (Lipinski definition) is 1. The molecule has 53 heavy (non-hydrogen) atoms. The first-order valence-electron chi connectivity index (χ1n) is 21.0. The second-order valence-corrected chi connectivity index (χ2v) is 17.9. The zero-order valence-corrected chi connectivity index (χ0v) is 36.4. The summed E-state index contributed by atoms with van der Waals surface area (Å²) >= 11 is 0. The normalized spacial score (nSPS) is 20.5. The Kier molecular flexibility index (Phi) is 19.9. The topological polar surface area (TPSA) is 17.1 Å². The zero-order chi connectivity index (χ0) is 39.6. The van der Waals surface area contributed by atoms with Crippen molar-refractivity contribution in [2.75, 3.05) is 0 Å². The Balaban J connectivity index is 1.81. The molecule has 0 spiro atoms. The zero-order valence-electron chi connectivity index (χ0n) is 36.4. The van der Waals surface area contributed by atoms with Crippen molar-refractivity contribution in [3.8, 4) is 0 Å². The van der Waals surface area contributed by atoms with Crippen molar-refractivity contribution >= 4 is 5.78 Å². The molecule has 0 aliphatic heterocycles. The first kappa shape index (κ1) is 46.0. The number of rotatable bonds is 20. The van der Waals surface area contributed by atoms with Gasteiger partial charge in [0, 0.05) is 6.42 Å². The molecule has 292 valence electrons. The number of allylic oxidation sites excluding steroid dienone is 21. The molecule has 0 radical (unpaired) electrons. The lowest BCUT2D eigenvalue weighted by Gasteiger charge is -2.33. The Bertz CT molecular complexity index is 1540. The van der Waals surface area contributed by atoms with Crippen molar-refractivity contribution in [3.05, 3.63) is 130 Å². The van der Waals surface area contributed by atoms with E-state index in [1.165, 1.54) is 96.8 Å². The molecule has 0 bridgehead atoms. The Labute approximate surface area is 328 Å². The fraction of sp³-hybridized carbons (Fsp3) is 0.558. The van der Waals surface area contributed by atoms with Gasteiger partial charge in [-0.25, -0.2) is 0 Å². The van der Waals surface area contributed by atoms with Gasteiger partial charge < -0.3 is 0 Å². The van der Waals surface area contributed by atoms with E-state index in [-0.39, 0.29) is 22.5 Å². The van der Waals surface area contributed by atoms with Crippen LogP contribution in [-0.4, -0.2) is 5.78 Å². The summed E-state index contributed by atoms with van der Waals surface area (Å²) in [5, 5.41) is 0. The minimum absolute atomic E-state index is 0.207. The maximum absolute atomic E-state index is 13.1. The van der Waals surface area contributed by atoms with Crippen molar-refractivity contribution in [2.24, 2.45) is 22.7 Å². The summed E-state index contributed by atoms with van der Waals surface area (Å²) in [5.41, 5.74) is 12.6. The molecule has 2 unspecified atom stereocenters. The molecule has 0 saturated heterocycles. The van der Waals surface area contributed by atoms with Gasteiger partial charge in [0.25, 0.3) is 0 Å². The summed E-state index contributed by atoms with van der Waals surface area (Å²) in [6, 6.07) is 0. The van der Waals surface area contributed by atoms with E-state index >= 15 is 0 Å². The van der Waals surface area contributed by atoms with Crippen molar-refractivity contribution in [3.63, 3.8) is 0 Å². The third-order valence-corrected chi connectivity index (χ3v) is 11.7. The van der Waals surface area contributed by atoms with E-state index in [9.17, 15) is 4.79 Å². The van der Waals surface area contributed by atoms with Crippen LogP contribution in [0.3, 0.4) is 0 Å². The summed E-state index contributed by atoms with van der Waals surface area (Å²) in [6.45, 7) is 31.5. The Morgan fingerprint density at radius 1 is 0.717 bits per heavy atom. The van der Waals surface area contributed by atoms with E-state index in [1.807, 2.05) is 13.0 Å². The lowest BCUT2D eigenvalue weighted by atomic mass is 9.72. The molecule has 0 aromatic carbocycles. The third-order valence-electron chi connectivity index (χ3n) is 11.7. The van der Waals surface area contributed by atoms with Gasteiger partial charge >= 0.3 is 0 Å². The average Bonchev–Trinajstić information content (AvgIpc) is 3.06. The summed E-state index contributed by atoms with van der Waals surface area (Å²) in [6.07, 6.45) is 41.1. The van der Waals surface area contributed by atoms with Gasteiger partial charge in [0.2, 0.25) is 0 Å². The van der Waals surface area contributed by atoms with Crippen molar-refractivity contribution in [1.29, 1.82) is 0 Å². The highest BCUT2D eigenvalue weighted by Crippen LogP contribution is 2.42. The molecule has 2 rings (SSSR count). The van der Waals surface area contributed by atoms with Crippen LogP contribution in [0.2, 0.25) is 0 Å². The largest absolute Gasteiger partial charge is 0.295 e. The van der Waals surface area contributed by atoms with E-state index in [4.69, 9.17) is 0 Å². The van der Waals surface area contributed by atoms with Crippen LogP contribution in [0.25, 0.3) is 0 Å². The maximum atomic E-state index is 13.1. The molecule has 0 heterocycles. The van der Waals surface area contributed by atoms with Gasteiger partial charge in [-0.15, -0.1) is 0 Å². The molecular formula is C52H78O. The Morgan fingerprint density at radius 3 is 1.70 bits per heavy atom. The Morgan fingerprint density at radius 2 is 1.21 bits per heavy atom. The van der Waals surface area contributed by atoms with Crippen LogP contribution in [0, 0.1) is 22.7 Å². The molecular weight excluding hydrogens is 641 g/mol. The molecule has 0 aromatic rings. The molecule has 1 heteroatoms. The number of ketones is 1. The molecule has 2 aliphatic rings. The summed E-state index contributed by atoms with van der Waals surface area (Å²) in [5.74, 6) is 1.02. The summed E-state index contributed by atoms with van der Waals surface area (Å²) in [7, 11) is 0. The molecule has 0 N–H and O–H groups in total. The average molecular weight is 719 g/mol. The lowest BCUT2D eigenvalue weighted by Crippen LogP contribution is -2.19. The Hall–Kier alpha value is -3.19. The number of unbranched alkanes of at least 4 members (excludes halogenated alkanes) is 2. The number of carbonyl (C=O) groups excluding carboxylic acids is 1. The summed E-state index contributed by atoms with van der Waals surface area (Å²) < 4.78 is 0. The van der Waals surface area contributed by atoms with Gasteiger partial charge in [-0.2, -0.15) is 0 Å². The molecule has 0 saturated carbocycles. The van der Waals surface area contributed by atoms with Crippen LogP contribution < -0.4 is 0 Å². The highest BCUT2D eigenvalue weighted by molar-refractivity contribution is 5.91. The molecule has 1 nitrogen and oxygen atoms in total. The smallest absolute Gasteiger partial charge is 0.156 e. The van der Waals surface area contributed by atoms with Crippen molar-refractivity contribution in [1.82, 2.24) is 0 Å². The first-order valence-corrected chi connectivity index (χ1v) is 21.0. The molecule has 2 aliphatic carbocycles. The van der Waals surface area contributed by atoms with Gasteiger partial charge in [-0.1, -0.05) is 168 Å². The number of carbonyl (C=O) groups is 1. The molecule has 0 fully saturated rings. The monoisotopic (exact) mass is 719 g/mol. The highest BCUT2D eigenvalue weighted by Gasteiger charge is 2.27. The predicted molar refractivity (Wildman–Crippen MR) is 237 cm³/mol. The standard InChI is InChI=1S/C52H78O/c1-14-44(7)47(38-48(53)37-43(6)26-19-24-40(3)31-33-50-46(9)28-21-35-52(50,12)13)29-17-15-16-22-41(4)36-42(5)25-18-23-39(2)30-32-49-45(8)27-20-34-51(49,10)11/h18-19,23-26,30-33,36-37,41,47H,7,14-17,20-22,27-29,34-35,38H2,1-6,8-13H3/b25-18+,26-19+,32-30+,33-31+,39-23+,40-24+,42-36+,43-37+. The second kappa shape index (κ2) is 22.9. The first-order chi connectivity index (χ1) is 24.9. The fourth-order valence-corrected chi connectivity index (χ4v) is 8.23. The van der Waals surface area contributed by atoms with E-state index < -0.39 is 0 Å². The van der Waals surface area contributed by atoms with E-state index in [0.29, 0.717) is 12.3 Å². The van der Waals surface area contributed by atoms with Crippen LogP contribution in [0.15, 0.2) is 130 Å². The van der Waals surface area contributed by atoms with Crippen LogP contribution >= 0.6 is 0 Å². The lowest BCUT2D eigenvalue weighted by molar-refractivity contribution is -0.115. The van der Waals surface area contributed by atoms with Crippen LogP contribution in [0.5, 0.6) is 0 Å². The minimum Gasteiger partial charge on any atom is -0.295 e. The van der Waals surface area contributed by atoms with Crippen LogP contribution in [0.1, 0.15) is 167 Å². The summed E-state index contributed by atoms with van der Waals surface area (Å²) in [4.78, 5) is 13.1. The quantitative estimate of drug-likeness (QED) is 0.0530. The minimum atomic E-state index is 0.207. The third kappa shape index (κ3) is 17.2. The van der Waals surface area contributed by atoms with E-state index in [0.717, 1.165) is 24.8 Å². The predicted octanol–water partition coefficient (Wildman–Crippen LogP) is 16.2. The number of hydrogen-bond donors (Lipinski definition) is 0. The van der Waals surface area contributed by atoms with E-state index in [2.05, 4.69) is 150 Å². The second-order valence-electron chi connectivity index (χ2n) is 17.9.